The number of fused-ring (bicyclic) bond motifs is 1. The van der Waals surface area contributed by atoms with Crippen LogP contribution in [0.1, 0.15) is 12.8 Å². The van der Waals surface area contributed by atoms with Gasteiger partial charge < -0.3 is 11.1 Å². The fraction of sp³-hybridized carbons (Fsp3) is 0.190. The molecule has 1 fully saturated rings. The Kier molecular flexibility index (Phi) is 5.46. The largest absolute Gasteiger partial charge is 0.375 e. The molecule has 32 heavy (non-hydrogen) atoms. The lowest BCUT2D eigenvalue weighted by Gasteiger charge is -2.16. The van der Waals surface area contributed by atoms with Crippen molar-refractivity contribution in [3.8, 4) is 11.4 Å². The van der Waals surface area contributed by atoms with E-state index in [4.69, 9.17) is 17.3 Å². The SMILES string of the molecule is Nc1nc2c(Nc3ccc(S(=O)(=O)N4CCCC4)cc3)nc(-c3ccccc3Cl)nc2s1. The highest BCUT2D eigenvalue weighted by molar-refractivity contribution is 7.89. The fourth-order valence-electron chi connectivity index (χ4n) is 3.61. The van der Waals surface area contributed by atoms with Crippen LogP contribution >= 0.6 is 22.9 Å². The molecule has 3 heterocycles. The molecule has 2 aromatic carbocycles. The maximum absolute atomic E-state index is 12.8. The first-order valence-corrected chi connectivity index (χ1v) is 12.6. The molecule has 0 radical (unpaired) electrons. The minimum absolute atomic E-state index is 0.271. The van der Waals surface area contributed by atoms with Gasteiger partial charge in [-0.15, -0.1) is 0 Å². The quantitative estimate of drug-likeness (QED) is 0.426. The van der Waals surface area contributed by atoms with Crippen LogP contribution < -0.4 is 11.1 Å². The molecular formula is C21H19ClN6O2S2. The Hall–Kier alpha value is -2.79. The van der Waals surface area contributed by atoms with Crippen LogP contribution in [0.4, 0.5) is 16.6 Å². The van der Waals surface area contributed by atoms with Gasteiger partial charge in [0.25, 0.3) is 0 Å². The fourth-order valence-corrected chi connectivity index (χ4v) is 6.06. The third-order valence-corrected chi connectivity index (χ3v) is 8.23. The zero-order chi connectivity index (χ0) is 22.3. The van der Waals surface area contributed by atoms with Crippen LogP contribution in [0.15, 0.2) is 53.4 Å². The van der Waals surface area contributed by atoms with Gasteiger partial charge in [0.05, 0.1) is 9.92 Å². The molecule has 3 N–H and O–H groups in total. The molecule has 0 spiro atoms. The Bertz CT molecular complexity index is 1400. The summed E-state index contributed by atoms with van der Waals surface area (Å²) in [6.45, 7) is 1.13. The molecule has 5 rings (SSSR count). The second-order valence-corrected chi connectivity index (χ2v) is 10.7. The van der Waals surface area contributed by atoms with Gasteiger partial charge in [0.2, 0.25) is 10.0 Å². The summed E-state index contributed by atoms with van der Waals surface area (Å²) in [5.74, 6) is 0.913. The number of nitrogens with one attached hydrogen (secondary N) is 1. The smallest absolute Gasteiger partial charge is 0.243 e. The van der Waals surface area contributed by atoms with Crippen molar-refractivity contribution in [1.29, 1.82) is 0 Å². The number of halogens is 1. The standard InChI is InChI=1S/C21H19ClN6O2S2/c22-16-6-2-1-5-15(16)18-26-19(17-20(27-18)31-21(23)25-17)24-13-7-9-14(10-8-13)32(29,30)28-11-3-4-12-28/h1-2,5-10H,3-4,11-12H2,(H2,23,25)(H,24,26,27). The first-order chi connectivity index (χ1) is 15.4. The van der Waals surface area contributed by atoms with Gasteiger partial charge in [-0.05, 0) is 49.2 Å². The van der Waals surface area contributed by atoms with Crippen molar-refractivity contribution in [3.05, 3.63) is 53.6 Å². The molecule has 8 nitrogen and oxygen atoms in total. The molecule has 4 aromatic rings. The van der Waals surface area contributed by atoms with Crippen molar-refractivity contribution in [2.45, 2.75) is 17.7 Å². The van der Waals surface area contributed by atoms with E-state index in [1.165, 1.54) is 15.6 Å². The van der Waals surface area contributed by atoms with E-state index < -0.39 is 10.0 Å². The summed E-state index contributed by atoms with van der Waals surface area (Å²) in [6, 6.07) is 13.9. The number of hydrogen-bond acceptors (Lipinski definition) is 8. The summed E-state index contributed by atoms with van der Waals surface area (Å²) in [7, 11) is -3.47. The molecule has 0 unspecified atom stereocenters. The Morgan fingerprint density at radius 3 is 2.44 bits per heavy atom. The van der Waals surface area contributed by atoms with Crippen molar-refractivity contribution in [2.75, 3.05) is 24.1 Å². The van der Waals surface area contributed by atoms with Crippen molar-refractivity contribution >= 4 is 59.9 Å². The molecule has 2 aromatic heterocycles. The molecule has 0 saturated carbocycles. The van der Waals surface area contributed by atoms with Gasteiger partial charge in [0, 0.05) is 24.3 Å². The van der Waals surface area contributed by atoms with E-state index in [0.717, 1.165) is 12.8 Å². The van der Waals surface area contributed by atoms with E-state index in [9.17, 15) is 8.42 Å². The molecule has 1 aliphatic rings. The molecule has 0 atom stereocenters. The second kappa shape index (κ2) is 8.28. The van der Waals surface area contributed by atoms with E-state index in [1.807, 2.05) is 18.2 Å². The van der Waals surface area contributed by atoms with E-state index >= 15 is 0 Å². The maximum Gasteiger partial charge on any atom is 0.243 e. The zero-order valence-corrected chi connectivity index (χ0v) is 19.2. The highest BCUT2D eigenvalue weighted by Gasteiger charge is 2.27. The van der Waals surface area contributed by atoms with Crippen LogP contribution in [0.2, 0.25) is 5.02 Å². The van der Waals surface area contributed by atoms with Crippen LogP contribution in [0, 0.1) is 0 Å². The number of sulfonamides is 1. The number of benzene rings is 2. The molecule has 164 valence electrons. The van der Waals surface area contributed by atoms with Crippen LogP contribution in [0.5, 0.6) is 0 Å². The van der Waals surface area contributed by atoms with Gasteiger partial charge >= 0.3 is 0 Å². The van der Waals surface area contributed by atoms with Gasteiger partial charge in [0.15, 0.2) is 21.6 Å². The third-order valence-electron chi connectivity index (χ3n) is 5.21. The maximum atomic E-state index is 12.8. The third kappa shape index (κ3) is 3.90. The van der Waals surface area contributed by atoms with Crippen LogP contribution in [0.25, 0.3) is 21.7 Å². The molecule has 1 saturated heterocycles. The minimum Gasteiger partial charge on any atom is -0.375 e. The summed E-state index contributed by atoms with van der Waals surface area (Å²) in [6.07, 6.45) is 1.79. The average Bonchev–Trinajstić information content (AvgIpc) is 3.44. The zero-order valence-electron chi connectivity index (χ0n) is 16.8. The lowest BCUT2D eigenvalue weighted by molar-refractivity contribution is 0.477. The molecule has 0 amide bonds. The Morgan fingerprint density at radius 1 is 1.00 bits per heavy atom. The van der Waals surface area contributed by atoms with Gasteiger partial charge in [-0.25, -0.2) is 23.4 Å². The highest BCUT2D eigenvalue weighted by Crippen LogP contribution is 2.33. The van der Waals surface area contributed by atoms with Crippen LogP contribution in [-0.4, -0.2) is 40.8 Å². The lowest BCUT2D eigenvalue weighted by Crippen LogP contribution is -2.27. The van der Waals surface area contributed by atoms with Gasteiger partial charge in [-0.1, -0.05) is 35.1 Å². The monoisotopic (exact) mass is 486 g/mol. The summed E-state index contributed by atoms with van der Waals surface area (Å²) in [5, 5.41) is 4.13. The number of nitrogens with zero attached hydrogens (tertiary/aromatic N) is 4. The summed E-state index contributed by atoms with van der Waals surface area (Å²) < 4.78 is 27.1. The topological polar surface area (TPSA) is 114 Å². The lowest BCUT2D eigenvalue weighted by atomic mass is 10.2. The predicted molar refractivity (Wildman–Crippen MR) is 128 cm³/mol. The second-order valence-electron chi connectivity index (χ2n) is 7.34. The summed E-state index contributed by atoms with van der Waals surface area (Å²) in [4.78, 5) is 14.5. The van der Waals surface area contributed by atoms with Crippen molar-refractivity contribution in [2.24, 2.45) is 0 Å². The Morgan fingerprint density at radius 2 is 1.72 bits per heavy atom. The number of nitrogens with two attached hydrogens (primary N) is 1. The normalized spacial score (nSPS) is 14.8. The molecule has 0 aliphatic carbocycles. The van der Waals surface area contributed by atoms with Crippen molar-refractivity contribution in [3.63, 3.8) is 0 Å². The van der Waals surface area contributed by atoms with E-state index in [2.05, 4.69) is 20.3 Å². The number of hydrogen-bond donors (Lipinski definition) is 2. The number of thiazole rings is 1. The van der Waals surface area contributed by atoms with Crippen molar-refractivity contribution in [1.82, 2.24) is 19.3 Å². The van der Waals surface area contributed by atoms with Gasteiger partial charge in [0.1, 0.15) is 5.52 Å². The molecule has 0 bridgehead atoms. The van der Waals surface area contributed by atoms with Crippen molar-refractivity contribution < 1.29 is 8.42 Å². The first kappa shape index (κ1) is 21.1. The average molecular weight is 487 g/mol. The Balaban J connectivity index is 1.50. The van der Waals surface area contributed by atoms with Gasteiger partial charge in [-0.3, -0.25) is 0 Å². The highest BCUT2D eigenvalue weighted by atomic mass is 35.5. The van der Waals surface area contributed by atoms with Gasteiger partial charge in [-0.2, -0.15) is 4.31 Å². The number of rotatable bonds is 5. The Labute approximate surface area is 194 Å². The minimum atomic E-state index is -3.47. The van der Waals surface area contributed by atoms with E-state index in [-0.39, 0.29) is 4.90 Å². The van der Waals surface area contributed by atoms with E-state index in [0.29, 0.717) is 56.5 Å². The van der Waals surface area contributed by atoms with E-state index in [1.54, 1.807) is 30.3 Å². The number of nitrogen functional groups attached to an aromatic ring is 1. The summed E-state index contributed by atoms with van der Waals surface area (Å²) >= 11 is 7.60. The first-order valence-electron chi connectivity index (χ1n) is 9.98. The molecular weight excluding hydrogens is 468 g/mol. The molecule has 1 aliphatic heterocycles. The predicted octanol–water partition coefficient (Wildman–Crippen LogP) is 4.52. The van der Waals surface area contributed by atoms with Crippen LogP contribution in [0.3, 0.4) is 0 Å². The molecule has 11 heteroatoms. The van der Waals surface area contributed by atoms with Crippen LogP contribution in [-0.2, 0) is 10.0 Å². The number of anilines is 3. The summed E-state index contributed by atoms with van der Waals surface area (Å²) in [5.41, 5.74) is 7.81. The number of aromatic nitrogens is 3.